The Morgan fingerprint density at radius 1 is 0.548 bits per heavy atom. The summed E-state index contributed by atoms with van der Waals surface area (Å²) in [6.07, 6.45) is 2.28. The van der Waals surface area contributed by atoms with Crippen LogP contribution in [0.1, 0.15) is 5.56 Å². The molecule has 0 spiro atoms. The van der Waals surface area contributed by atoms with Crippen LogP contribution < -0.4 is 14.4 Å². The lowest BCUT2D eigenvalue weighted by molar-refractivity contribution is -0.129. The quantitative estimate of drug-likeness (QED) is 0.104. The number of carbonyl (C=O) groups excluding carboxylic acids is 2. The Morgan fingerprint density at radius 3 is 1.29 bits per heavy atom. The minimum Gasteiger partial charge on any atom is -0.423 e. The highest BCUT2D eigenvalue weighted by Gasteiger charge is 2.14. The summed E-state index contributed by atoms with van der Waals surface area (Å²) in [4.78, 5) is 25.2. The van der Waals surface area contributed by atoms with Gasteiger partial charge in [0, 0.05) is 29.2 Å². The highest BCUT2D eigenvalue weighted by molar-refractivity contribution is 5.84. The third kappa shape index (κ3) is 6.54. The van der Waals surface area contributed by atoms with Gasteiger partial charge in [0.05, 0.1) is 0 Å². The molecule has 206 valence electrons. The lowest BCUT2D eigenvalue weighted by Gasteiger charge is -2.26. The Balaban J connectivity index is 1.42. The van der Waals surface area contributed by atoms with E-state index in [0.717, 1.165) is 51.5 Å². The summed E-state index contributed by atoms with van der Waals surface area (Å²) in [5.74, 6) is -0.0236. The Bertz CT molecular complexity index is 1610. The zero-order valence-corrected chi connectivity index (χ0v) is 23.2. The van der Waals surface area contributed by atoms with E-state index in [1.165, 1.54) is 5.56 Å². The zero-order valence-electron chi connectivity index (χ0n) is 23.2. The van der Waals surface area contributed by atoms with Crippen molar-refractivity contribution in [2.45, 2.75) is 6.92 Å². The predicted molar refractivity (Wildman–Crippen MR) is 168 cm³/mol. The van der Waals surface area contributed by atoms with E-state index in [-0.39, 0.29) is 0 Å². The average Bonchev–Trinajstić information content (AvgIpc) is 3.02. The smallest absolute Gasteiger partial charge is 0.335 e. The lowest BCUT2D eigenvalue weighted by atomic mass is 10.0. The number of aryl methyl sites for hydroxylation is 1. The molecule has 0 N–H and O–H groups in total. The summed E-state index contributed by atoms with van der Waals surface area (Å²) in [5.41, 5.74) is 8.36. The van der Waals surface area contributed by atoms with Crippen LogP contribution in [0.5, 0.6) is 11.5 Å². The summed E-state index contributed by atoms with van der Waals surface area (Å²) >= 11 is 0. The van der Waals surface area contributed by atoms with Crippen molar-refractivity contribution in [1.29, 1.82) is 0 Å². The van der Waals surface area contributed by atoms with Gasteiger partial charge >= 0.3 is 11.9 Å². The van der Waals surface area contributed by atoms with Gasteiger partial charge in [-0.05, 0) is 95.4 Å². The number of benzene rings is 5. The van der Waals surface area contributed by atoms with E-state index in [1.807, 2.05) is 24.3 Å². The molecule has 0 aliphatic rings. The van der Waals surface area contributed by atoms with Gasteiger partial charge in [-0.3, -0.25) is 0 Å². The standard InChI is InChI=1S/C37H29NO4/c1-4-36(39)41-34-21-13-29(14-22-34)27-9-17-31(18-10-27)38(33-8-6-7-26(3)25-33)32-19-11-28(12-20-32)30-15-23-35(24-16-30)42-37(40)5-2/h4-25H,1-2H2,3H3. The van der Waals surface area contributed by atoms with Crippen LogP contribution >= 0.6 is 0 Å². The molecule has 0 heterocycles. The van der Waals surface area contributed by atoms with Gasteiger partial charge in [-0.1, -0.05) is 73.8 Å². The number of nitrogens with zero attached hydrogens (tertiary/aromatic N) is 1. The molecule has 0 amide bonds. The fourth-order valence-electron chi connectivity index (χ4n) is 4.57. The monoisotopic (exact) mass is 551 g/mol. The number of esters is 2. The molecule has 0 bridgehead atoms. The maximum Gasteiger partial charge on any atom is 0.335 e. The SMILES string of the molecule is C=CC(=O)Oc1ccc(-c2ccc(N(c3ccc(-c4ccc(OC(=O)C=C)cc4)cc3)c3cccc(C)c3)cc2)cc1. The molecule has 0 aliphatic carbocycles. The number of rotatable bonds is 9. The Kier molecular flexibility index (Phi) is 8.40. The van der Waals surface area contributed by atoms with Crippen molar-refractivity contribution in [2.24, 2.45) is 0 Å². The first kappa shape index (κ1) is 27.9. The van der Waals surface area contributed by atoms with Gasteiger partial charge in [-0.25, -0.2) is 9.59 Å². The van der Waals surface area contributed by atoms with Crippen LogP contribution in [0.2, 0.25) is 0 Å². The van der Waals surface area contributed by atoms with E-state index in [9.17, 15) is 9.59 Å². The number of anilines is 3. The van der Waals surface area contributed by atoms with E-state index in [1.54, 1.807) is 24.3 Å². The number of ether oxygens (including phenoxy) is 2. The van der Waals surface area contributed by atoms with E-state index in [0.29, 0.717) is 11.5 Å². The Labute approximate surface area is 245 Å². The van der Waals surface area contributed by atoms with Crippen LogP contribution in [0, 0.1) is 6.92 Å². The molecule has 0 saturated carbocycles. The molecule has 0 aliphatic heterocycles. The summed E-state index contributed by atoms with van der Waals surface area (Å²) in [6, 6.07) is 39.9. The maximum atomic E-state index is 11.5. The fourth-order valence-corrected chi connectivity index (χ4v) is 4.57. The first-order valence-electron chi connectivity index (χ1n) is 13.4. The molecule has 5 nitrogen and oxygen atoms in total. The van der Waals surface area contributed by atoms with E-state index in [4.69, 9.17) is 9.47 Å². The van der Waals surface area contributed by atoms with Crippen molar-refractivity contribution in [3.8, 4) is 33.8 Å². The molecule has 5 heteroatoms. The lowest BCUT2D eigenvalue weighted by Crippen LogP contribution is -2.10. The highest BCUT2D eigenvalue weighted by atomic mass is 16.5. The number of hydrogen-bond donors (Lipinski definition) is 0. The molecule has 0 unspecified atom stereocenters. The summed E-state index contributed by atoms with van der Waals surface area (Å²) in [5, 5.41) is 0. The van der Waals surface area contributed by atoms with Gasteiger partial charge in [0.15, 0.2) is 0 Å². The van der Waals surface area contributed by atoms with Crippen molar-refractivity contribution >= 4 is 29.0 Å². The summed E-state index contributed by atoms with van der Waals surface area (Å²) in [6.45, 7) is 8.94. The molecule has 0 radical (unpaired) electrons. The van der Waals surface area contributed by atoms with E-state index in [2.05, 4.69) is 97.8 Å². The third-order valence-electron chi connectivity index (χ3n) is 6.66. The fraction of sp³-hybridized carbons (Fsp3) is 0.0270. The molecule has 42 heavy (non-hydrogen) atoms. The summed E-state index contributed by atoms with van der Waals surface area (Å²) in [7, 11) is 0. The van der Waals surface area contributed by atoms with Gasteiger partial charge in [-0.2, -0.15) is 0 Å². The molecule has 0 atom stereocenters. The molecule has 5 aromatic rings. The Hall–Kier alpha value is -5.68. The summed E-state index contributed by atoms with van der Waals surface area (Å²) < 4.78 is 10.4. The predicted octanol–water partition coefficient (Wildman–Crippen LogP) is 8.98. The van der Waals surface area contributed by atoms with Crippen LogP contribution in [-0.4, -0.2) is 11.9 Å². The van der Waals surface area contributed by atoms with E-state index < -0.39 is 11.9 Å². The maximum absolute atomic E-state index is 11.5. The highest BCUT2D eigenvalue weighted by Crippen LogP contribution is 2.37. The van der Waals surface area contributed by atoms with Crippen LogP contribution in [0.4, 0.5) is 17.1 Å². The van der Waals surface area contributed by atoms with Crippen molar-refractivity contribution in [3.63, 3.8) is 0 Å². The van der Waals surface area contributed by atoms with E-state index >= 15 is 0 Å². The van der Waals surface area contributed by atoms with Crippen LogP contribution in [-0.2, 0) is 9.59 Å². The van der Waals surface area contributed by atoms with Crippen molar-refractivity contribution < 1.29 is 19.1 Å². The minimum atomic E-state index is -0.485. The molecule has 0 fully saturated rings. The largest absolute Gasteiger partial charge is 0.423 e. The second kappa shape index (κ2) is 12.7. The Morgan fingerprint density at radius 2 is 0.929 bits per heavy atom. The normalized spacial score (nSPS) is 10.4. The van der Waals surface area contributed by atoms with Gasteiger partial charge in [0.25, 0.3) is 0 Å². The zero-order chi connectivity index (χ0) is 29.5. The topological polar surface area (TPSA) is 55.8 Å². The molecular weight excluding hydrogens is 522 g/mol. The van der Waals surface area contributed by atoms with Crippen molar-refractivity contribution in [1.82, 2.24) is 0 Å². The van der Waals surface area contributed by atoms with Gasteiger partial charge in [-0.15, -0.1) is 0 Å². The molecule has 5 aromatic carbocycles. The van der Waals surface area contributed by atoms with Crippen molar-refractivity contribution in [3.05, 3.63) is 152 Å². The second-order valence-corrected chi connectivity index (χ2v) is 9.57. The molecule has 0 saturated heterocycles. The number of hydrogen-bond acceptors (Lipinski definition) is 5. The minimum absolute atomic E-state index is 0.474. The van der Waals surface area contributed by atoms with Crippen LogP contribution in [0.25, 0.3) is 22.3 Å². The second-order valence-electron chi connectivity index (χ2n) is 9.57. The average molecular weight is 552 g/mol. The molecule has 5 rings (SSSR count). The van der Waals surface area contributed by atoms with Crippen LogP contribution in [0.15, 0.2) is 147 Å². The first-order valence-corrected chi connectivity index (χ1v) is 13.4. The van der Waals surface area contributed by atoms with Crippen molar-refractivity contribution in [2.75, 3.05) is 4.90 Å². The van der Waals surface area contributed by atoms with Gasteiger partial charge < -0.3 is 14.4 Å². The third-order valence-corrected chi connectivity index (χ3v) is 6.66. The first-order chi connectivity index (χ1) is 20.4. The van der Waals surface area contributed by atoms with Gasteiger partial charge in [0.1, 0.15) is 11.5 Å². The number of carbonyl (C=O) groups is 2. The van der Waals surface area contributed by atoms with Crippen LogP contribution in [0.3, 0.4) is 0 Å². The van der Waals surface area contributed by atoms with Gasteiger partial charge in [0.2, 0.25) is 0 Å². The molecule has 0 aromatic heterocycles. The molecular formula is C37H29NO4.